The number of aromatic hydroxyl groups is 2. The van der Waals surface area contributed by atoms with Crippen molar-refractivity contribution in [2.75, 3.05) is 11.5 Å². The van der Waals surface area contributed by atoms with Crippen molar-refractivity contribution in [3.8, 4) is 46.0 Å². The number of nitrogen functional groups attached to an aromatic ring is 2. The maximum absolute atomic E-state index is 10.7. The van der Waals surface area contributed by atoms with Crippen LogP contribution in [0.25, 0.3) is 0 Å². The molecule has 8 aliphatic carbocycles. The number of anilines is 2. The fourth-order valence-corrected chi connectivity index (χ4v) is 15.2. The Morgan fingerprint density at radius 3 is 1.07 bits per heavy atom. The largest absolute Gasteiger partial charge is 0.506 e. The summed E-state index contributed by atoms with van der Waals surface area (Å²) in [5, 5.41) is 21.4. The van der Waals surface area contributed by atoms with Crippen molar-refractivity contribution >= 4 is 11.4 Å². The number of ether oxygens (including phenoxy) is 3. The second kappa shape index (κ2) is 11.5. The monoisotopic (exact) mass is 740 g/mol. The Kier molecular flexibility index (Phi) is 7.32. The highest BCUT2D eigenvalue weighted by molar-refractivity contribution is 5.63. The number of nitrogens with two attached hydrogens (primary N) is 2. The van der Waals surface area contributed by atoms with E-state index in [0.717, 1.165) is 49.7 Å². The molecule has 4 aromatic carbocycles. The number of hydrogen-bond donors (Lipinski definition) is 4. The predicted molar refractivity (Wildman–Crippen MR) is 216 cm³/mol. The van der Waals surface area contributed by atoms with E-state index in [0.29, 0.717) is 79.4 Å². The minimum atomic E-state index is 0.000327. The topological polar surface area (TPSA) is 120 Å². The predicted octanol–water partition coefficient (Wildman–Crippen LogP) is 12.1. The van der Waals surface area contributed by atoms with E-state index in [1.54, 1.807) is 12.1 Å². The van der Waals surface area contributed by atoms with Crippen LogP contribution in [0.1, 0.15) is 116 Å². The van der Waals surface area contributed by atoms with E-state index >= 15 is 0 Å². The zero-order valence-corrected chi connectivity index (χ0v) is 32.8. The molecule has 6 N–H and O–H groups in total. The molecule has 288 valence electrons. The van der Waals surface area contributed by atoms with Crippen LogP contribution in [-0.4, -0.2) is 10.2 Å². The third-order valence-corrected chi connectivity index (χ3v) is 15.0. The Morgan fingerprint density at radius 1 is 0.455 bits per heavy atom. The Morgan fingerprint density at radius 2 is 0.764 bits per heavy atom. The molecule has 55 heavy (non-hydrogen) atoms. The molecular formula is C48H56N2O5. The average Bonchev–Trinajstić information content (AvgIpc) is 3.06. The highest BCUT2D eigenvalue weighted by Crippen LogP contribution is 2.72. The Bertz CT molecular complexity index is 2000. The SMILES string of the molecule is CC12CC3CC(C)(C1)CC(c1cc(N)c(O)cc1Oc1ccc(Oc4ccc(Oc5cc(O)c(N)cc5C56CC7CC(C)(CC(C)(C7)C5)C6)cc4)cc1)(C3)C2. The van der Waals surface area contributed by atoms with Gasteiger partial charge < -0.3 is 35.9 Å². The zero-order chi connectivity index (χ0) is 38.2. The third kappa shape index (κ3) is 5.90. The van der Waals surface area contributed by atoms with Crippen LogP contribution < -0.4 is 25.7 Å². The van der Waals surface area contributed by atoms with Crippen molar-refractivity contribution in [3.05, 3.63) is 83.9 Å². The average molecular weight is 741 g/mol. The first kappa shape index (κ1) is 34.9. The Balaban J connectivity index is 0.857. The molecule has 8 bridgehead atoms. The summed E-state index contributed by atoms with van der Waals surface area (Å²) in [7, 11) is 0. The van der Waals surface area contributed by atoms with Crippen LogP contribution in [-0.2, 0) is 10.8 Å². The summed E-state index contributed by atoms with van der Waals surface area (Å²) in [6.07, 6.45) is 14.6. The van der Waals surface area contributed by atoms with Crippen molar-refractivity contribution < 1.29 is 24.4 Å². The minimum absolute atomic E-state index is 0.000327. The van der Waals surface area contributed by atoms with Crippen LogP contribution in [0.5, 0.6) is 46.0 Å². The van der Waals surface area contributed by atoms with E-state index in [9.17, 15) is 10.2 Å². The van der Waals surface area contributed by atoms with Gasteiger partial charge in [-0.25, -0.2) is 0 Å². The molecule has 8 saturated carbocycles. The molecule has 7 nitrogen and oxygen atoms in total. The van der Waals surface area contributed by atoms with Gasteiger partial charge in [0.2, 0.25) is 0 Å². The lowest BCUT2D eigenvalue weighted by Gasteiger charge is -2.65. The molecular weight excluding hydrogens is 685 g/mol. The molecule has 0 radical (unpaired) electrons. The molecule has 4 atom stereocenters. The molecule has 0 heterocycles. The minimum Gasteiger partial charge on any atom is -0.506 e. The summed E-state index contributed by atoms with van der Waals surface area (Å²) >= 11 is 0. The molecule has 0 aliphatic heterocycles. The first-order valence-corrected chi connectivity index (χ1v) is 20.5. The van der Waals surface area contributed by atoms with Crippen LogP contribution >= 0.6 is 0 Å². The highest BCUT2D eigenvalue weighted by atomic mass is 16.5. The lowest BCUT2D eigenvalue weighted by Crippen LogP contribution is -2.56. The maximum Gasteiger partial charge on any atom is 0.142 e. The van der Waals surface area contributed by atoms with Crippen molar-refractivity contribution in [3.63, 3.8) is 0 Å². The van der Waals surface area contributed by atoms with E-state index in [1.165, 1.54) is 38.5 Å². The van der Waals surface area contributed by atoms with Crippen molar-refractivity contribution in [2.24, 2.45) is 33.5 Å². The van der Waals surface area contributed by atoms with Crippen LogP contribution in [0.15, 0.2) is 72.8 Å². The molecule has 0 spiro atoms. The van der Waals surface area contributed by atoms with E-state index in [1.807, 2.05) is 60.7 Å². The van der Waals surface area contributed by atoms with Crippen molar-refractivity contribution in [2.45, 2.75) is 116 Å². The number of benzene rings is 4. The van der Waals surface area contributed by atoms with E-state index < -0.39 is 0 Å². The molecule has 12 rings (SSSR count). The summed E-state index contributed by atoms with van der Waals surface area (Å²) in [6, 6.07) is 22.6. The molecule has 0 saturated heterocycles. The van der Waals surface area contributed by atoms with E-state index in [-0.39, 0.29) is 22.3 Å². The maximum atomic E-state index is 10.7. The van der Waals surface area contributed by atoms with Crippen molar-refractivity contribution in [1.29, 1.82) is 0 Å². The van der Waals surface area contributed by atoms with Crippen LogP contribution in [0.3, 0.4) is 0 Å². The molecule has 7 heteroatoms. The van der Waals surface area contributed by atoms with Crippen LogP contribution in [0.4, 0.5) is 11.4 Å². The van der Waals surface area contributed by atoms with Gasteiger partial charge in [-0.3, -0.25) is 0 Å². The normalized spacial score (nSPS) is 36.6. The lowest BCUT2D eigenvalue weighted by atomic mass is 9.39. The fraction of sp³-hybridized carbons (Fsp3) is 0.500. The van der Waals surface area contributed by atoms with Crippen LogP contribution in [0, 0.1) is 33.5 Å². The van der Waals surface area contributed by atoms with Gasteiger partial charge in [-0.1, -0.05) is 27.7 Å². The van der Waals surface area contributed by atoms with Gasteiger partial charge in [0.1, 0.15) is 46.0 Å². The summed E-state index contributed by atoms with van der Waals surface area (Å²) in [5.74, 6) is 5.62. The molecule has 4 unspecified atom stereocenters. The second-order valence-electron chi connectivity index (χ2n) is 20.9. The van der Waals surface area contributed by atoms with Crippen LogP contribution in [0.2, 0.25) is 0 Å². The number of rotatable bonds is 8. The Labute approximate surface area is 325 Å². The molecule has 8 fully saturated rings. The molecule has 0 aromatic heterocycles. The quantitative estimate of drug-likeness (QED) is 0.105. The molecule has 0 amide bonds. The lowest BCUT2D eigenvalue weighted by molar-refractivity contribution is -0.110. The highest BCUT2D eigenvalue weighted by Gasteiger charge is 2.62. The van der Waals surface area contributed by atoms with Gasteiger partial charge in [0.05, 0.1) is 11.4 Å². The number of phenolic OH excluding ortho intramolecular Hbond substituents is 2. The first-order chi connectivity index (χ1) is 26.0. The van der Waals surface area contributed by atoms with Gasteiger partial charge in [-0.15, -0.1) is 0 Å². The fourth-order valence-electron chi connectivity index (χ4n) is 15.2. The van der Waals surface area contributed by atoms with E-state index in [4.69, 9.17) is 25.7 Å². The van der Waals surface area contributed by atoms with Gasteiger partial charge in [0.25, 0.3) is 0 Å². The molecule has 4 aromatic rings. The summed E-state index contributed by atoms with van der Waals surface area (Å²) in [5.41, 5.74) is 17.1. The number of hydrogen-bond acceptors (Lipinski definition) is 7. The second-order valence-corrected chi connectivity index (χ2v) is 20.9. The standard InChI is InChI=1S/C48H56N2O5/c1-43-17-29-18-44(2,23-43)26-47(21-29,25-43)35-13-37(49)39(51)15-41(35)54-33-9-5-31(6-10-33)53-32-7-11-34(12-8-32)55-42-16-40(52)38(50)14-36(42)48-22-30-19-45(3,27-48)24-46(4,20-30)28-48/h5-16,29-30,51-52H,17-28,49-50H2,1-4H3. The summed E-state index contributed by atoms with van der Waals surface area (Å²) in [6.45, 7) is 9.89. The van der Waals surface area contributed by atoms with Gasteiger partial charge in [0, 0.05) is 34.1 Å². The van der Waals surface area contributed by atoms with Crippen molar-refractivity contribution in [1.82, 2.24) is 0 Å². The zero-order valence-electron chi connectivity index (χ0n) is 32.8. The summed E-state index contributed by atoms with van der Waals surface area (Å²) < 4.78 is 19.4. The smallest absolute Gasteiger partial charge is 0.142 e. The first-order valence-electron chi connectivity index (χ1n) is 20.5. The van der Waals surface area contributed by atoms with Gasteiger partial charge >= 0.3 is 0 Å². The Hall–Kier alpha value is -4.52. The molecule has 8 aliphatic rings. The van der Waals surface area contributed by atoms with Gasteiger partial charge in [0.15, 0.2) is 0 Å². The number of phenols is 2. The third-order valence-electron chi connectivity index (χ3n) is 15.0. The van der Waals surface area contributed by atoms with Gasteiger partial charge in [-0.2, -0.15) is 0 Å². The van der Waals surface area contributed by atoms with Gasteiger partial charge in [-0.05, 0) is 171 Å². The van der Waals surface area contributed by atoms with E-state index in [2.05, 4.69) is 27.7 Å². The summed E-state index contributed by atoms with van der Waals surface area (Å²) in [4.78, 5) is 0.